The third-order valence-corrected chi connectivity index (χ3v) is 0.567. The van der Waals surface area contributed by atoms with Crippen LogP contribution >= 0.6 is 16.3 Å². The molecule has 0 heterocycles. The molecule has 0 rings (SSSR count). The molecule has 0 saturated heterocycles. The van der Waals surface area contributed by atoms with Crippen molar-refractivity contribution >= 4 is 16.3 Å². The van der Waals surface area contributed by atoms with Crippen molar-refractivity contribution in [1.29, 1.82) is 0 Å². The second-order valence-electron chi connectivity index (χ2n) is 0.398. The molecule has 0 aliphatic rings. The molecule has 1 nitrogen and oxygen atoms in total. The van der Waals surface area contributed by atoms with Gasteiger partial charge in [-0.25, -0.2) is 0 Å². The van der Waals surface area contributed by atoms with Crippen LogP contribution in [0.25, 0.3) is 0 Å². The Morgan fingerprint density at radius 1 is 1.22 bits per heavy atom. The van der Waals surface area contributed by atoms with Gasteiger partial charge in [-0.3, -0.25) is 0 Å². The Bertz CT molecular complexity index is 15.0. The van der Waals surface area contributed by atoms with E-state index in [1.807, 2.05) is 6.92 Å². The quantitative estimate of drug-likeness (QED) is 0.512. The molecular formula is C6H15BrOZn. The minimum atomic E-state index is 0. The molecule has 0 saturated carbocycles. The molecule has 0 N–H and O–H groups in total. The average Bonchev–Trinajstić information content (AvgIpc) is 1.96. The van der Waals surface area contributed by atoms with Crippen LogP contribution in [-0.4, -0.2) is 6.61 Å². The Balaban J connectivity index is -0.0000000221. The van der Waals surface area contributed by atoms with Gasteiger partial charge in [-0.2, -0.15) is 13.8 Å². The molecule has 0 radical (unpaired) electrons. The first-order valence-corrected chi connectivity index (χ1v) is 3.21. The zero-order valence-electron chi connectivity index (χ0n) is 6.61. The van der Waals surface area contributed by atoms with Crippen molar-refractivity contribution in [2.24, 2.45) is 0 Å². The van der Waals surface area contributed by atoms with E-state index in [9.17, 15) is 0 Å². The van der Waals surface area contributed by atoms with Gasteiger partial charge in [0.05, 0.1) is 22.9 Å². The van der Waals surface area contributed by atoms with E-state index < -0.39 is 0 Å². The van der Waals surface area contributed by atoms with Gasteiger partial charge in [0.1, 0.15) is 0 Å². The molecule has 3 heteroatoms. The van der Waals surface area contributed by atoms with Crippen LogP contribution in [0, 0.1) is 13.8 Å². The van der Waals surface area contributed by atoms with Gasteiger partial charge in [-0.1, -0.05) is 0 Å². The van der Waals surface area contributed by atoms with Crippen molar-refractivity contribution in [2.75, 3.05) is 6.61 Å². The van der Waals surface area contributed by atoms with Crippen LogP contribution in [0.4, 0.5) is 0 Å². The van der Waals surface area contributed by atoms with Crippen molar-refractivity contribution in [3.05, 3.63) is 13.8 Å². The van der Waals surface area contributed by atoms with Crippen LogP contribution in [0.2, 0.25) is 0 Å². The number of rotatable bonds is 1. The molecule has 0 amide bonds. The van der Waals surface area contributed by atoms with Crippen molar-refractivity contribution in [2.45, 2.75) is 20.8 Å². The summed E-state index contributed by atoms with van der Waals surface area (Å²) in [6.45, 7) is 12.6. The van der Waals surface area contributed by atoms with Crippen LogP contribution in [0.3, 0.4) is 0 Å². The minimum absolute atomic E-state index is 0. The standard InChI is InChI=1S/C2H5BrO.2C2H5.Zn/c1-2-4-3;2*1-2;/h2H2,1H3;2*1H2,2H3;/q;2*-1;+2. The second-order valence-corrected chi connectivity index (χ2v) is 0.856. The van der Waals surface area contributed by atoms with E-state index in [1.54, 1.807) is 13.8 Å². The summed E-state index contributed by atoms with van der Waals surface area (Å²) in [6, 6.07) is 0. The molecule has 0 aliphatic carbocycles. The number of halogens is 1. The predicted octanol–water partition coefficient (Wildman–Crippen LogP) is 3.01. The number of hydrogen-bond acceptors (Lipinski definition) is 1. The van der Waals surface area contributed by atoms with E-state index in [1.165, 1.54) is 0 Å². The minimum Gasteiger partial charge on any atom is -0.346 e. The molecule has 0 unspecified atom stereocenters. The van der Waals surface area contributed by atoms with Gasteiger partial charge in [-0.15, -0.1) is 0 Å². The summed E-state index contributed by atoms with van der Waals surface area (Å²) in [5.74, 6) is 0. The fraction of sp³-hybridized carbons (Fsp3) is 0.667. The van der Waals surface area contributed by atoms with Crippen molar-refractivity contribution < 1.29 is 23.3 Å². The Kier molecular flexibility index (Phi) is 157. The maximum absolute atomic E-state index is 4.35. The van der Waals surface area contributed by atoms with Crippen LogP contribution in [0.15, 0.2) is 0 Å². The third kappa shape index (κ3) is 106. The molecule has 0 aromatic rings. The summed E-state index contributed by atoms with van der Waals surface area (Å²) in [5, 5.41) is 0. The van der Waals surface area contributed by atoms with E-state index in [-0.39, 0.29) is 19.5 Å². The summed E-state index contributed by atoms with van der Waals surface area (Å²) < 4.78 is 4.35. The first kappa shape index (κ1) is 22.5. The van der Waals surface area contributed by atoms with E-state index in [4.69, 9.17) is 0 Å². The average molecular weight is 248 g/mol. The summed E-state index contributed by atoms with van der Waals surface area (Å²) in [4.78, 5) is 0. The number of hydrogen-bond donors (Lipinski definition) is 0. The molecule has 0 atom stereocenters. The van der Waals surface area contributed by atoms with Crippen LogP contribution < -0.4 is 0 Å². The van der Waals surface area contributed by atoms with E-state index in [0.717, 1.165) is 6.61 Å². The zero-order chi connectivity index (χ0) is 7.41. The largest absolute Gasteiger partial charge is 2.00 e. The zero-order valence-corrected chi connectivity index (χ0v) is 11.2. The van der Waals surface area contributed by atoms with Crippen LogP contribution in [-0.2, 0) is 23.3 Å². The Labute approximate surface area is 80.8 Å². The summed E-state index contributed by atoms with van der Waals surface area (Å²) >= 11 is 2.75. The van der Waals surface area contributed by atoms with Gasteiger partial charge in [0.15, 0.2) is 0 Å². The van der Waals surface area contributed by atoms with Gasteiger partial charge < -0.3 is 17.7 Å². The molecule has 0 bridgehead atoms. The van der Waals surface area contributed by atoms with E-state index in [0.29, 0.717) is 0 Å². The molecular weight excluding hydrogens is 233 g/mol. The topological polar surface area (TPSA) is 9.23 Å². The summed E-state index contributed by atoms with van der Waals surface area (Å²) in [5.41, 5.74) is 0. The first-order chi connectivity index (χ1) is 3.91. The van der Waals surface area contributed by atoms with E-state index >= 15 is 0 Å². The smallest absolute Gasteiger partial charge is 0.346 e. The third-order valence-electron chi connectivity index (χ3n) is 0.109. The SMILES string of the molecule is CCOBr.[CH2-]C.[CH2-]C.[Zn+2]. The molecule has 0 aromatic heterocycles. The van der Waals surface area contributed by atoms with E-state index in [2.05, 4.69) is 33.9 Å². The Hall–Kier alpha value is 1.06. The van der Waals surface area contributed by atoms with Gasteiger partial charge in [-0.05, 0) is 6.92 Å². The second kappa shape index (κ2) is 62.8. The van der Waals surface area contributed by atoms with Crippen LogP contribution in [0.5, 0.6) is 0 Å². The van der Waals surface area contributed by atoms with Crippen molar-refractivity contribution in [3.8, 4) is 0 Å². The first-order valence-electron chi connectivity index (χ1n) is 2.56. The Morgan fingerprint density at radius 3 is 1.33 bits per heavy atom. The summed E-state index contributed by atoms with van der Waals surface area (Å²) in [6.07, 6.45) is 0. The fourth-order valence-electron chi connectivity index (χ4n) is 0. The Morgan fingerprint density at radius 2 is 1.33 bits per heavy atom. The summed E-state index contributed by atoms with van der Waals surface area (Å²) in [7, 11) is 0. The van der Waals surface area contributed by atoms with Gasteiger partial charge >= 0.3 is 19.5 Å². The molecule has 0 aliphatic heterocycles. The molecule has 9 heavy (non-hydrogen) atoms. The maximum atomic E-state index is 4.35. The van der Waals surface area contributed by atoms with Crippen molar-refractivity contribution in [3.63, 3.8) is 0 Å². The molecule has 54 valence electrons. The maximum Gasteiger partial charge on any atom is 2.00 e. The molecule has 0 aromatic carbocycles. The predicted molar refractivity (Wildman–Crippen MR) is 42.6 cm³/mol. The normalized spacial score (nSPS) is 4.67. The molecule has 0 fully saturated rings. The van der Waals surface area contributed by atoms with Crippen LogP contribution in [0.1, 0.15) is 20.8 Å². The van der Waals surface area contributed by atoms with Gasteiger partial charge in [0.25, 0.3) is 0 Å². The van der Waals surface area contributed by atoms with Gasteiger partial charge in [0, 0.05) is 0 Å². The fourth-order valence-corrected chi connectivity index (χ4v) is 0. The molecule has 0 spiro atoms. The van der Waals surface area contributed by atoms with Crippen molar-refractivity contribution in [1.82, 2.24) is 0 Å². The van der Waals surface area contributed by atoms with Gasteiger partial charge in [0.2, 0.25) is 0 Å². The monoisotopic (exact) mass is 246 g/mol.